The fraction of sp³-hybridized carbons (Fsp3) is 0.462. The van der Waals surface area contributed by atoms with Crippen molar-refractivity contribution in [3.05, 3.63) is 29.6 Å². The summed E-state index contributed by atoms with van der Waals surface area (Å²) < 4.78 is 35.9. The van der Waals surface area contributed by atoms with E-state index in [0.29, 0.717) is 0 Å². The molecule has 0 heterocycles. The number of nitrogens with two attached hydrogens (primary N) is 1. The molecule has 110 valence electrons. The van der Waals surface area contributed by atoms with Gasteiger partial charge in [0, 0.05) is 11.1 Å². The molecule has 1 saturated carbocycles. The van der Waals surface area contributed by atoms with Gasteiger partial charge >= 0.3 is 0 Å². The number of nitrogens with one attached hydrogen (secondary N) is 1. The van der Waals surface area contributed by atoms with Crippen molar-refractivity contribution in [3.8, 4) is 0 Å². The molecule has 0 bridgehead atoms. The van der Waals surface area contributed by atoms with Gasteiger partial charge in [-0.2, -0.15) is 0 Å². The van der Waals surface area contributed by atoms with Crippen LogP contribution in [0.15, 0.2) is 23.1 Å². The Morgan fingerprint density at radius 2 is 1.90 bits per heavy atom. The van der Waals surface area contributed by atoms with Crippen LogP contribution >= 0.6 is 0 Å². The van der Waals surface area contributed by atoms with Crippen molar-refractivity contribution in [3.63, 3.8) is 0 Å². The van der Waals surface area contributed by atoms with Crippen LogP contribution in [0.2, 0.25) is 0 Å². The van der Waals surface area contributed by atoms with Gasteiger partial charge in [0.25, 0.3) is 5.91 Å². The molecule has 0 radical (unpaired) electrons. The van der Waals surface area contributed by atoms with Gasteiger partial charge in [0.05, 0.1) is 4.90 Å². The number of carbonyl (C=O) groups excluding carboxylic acids is 1. The molecule has 0 unspecified atom stereocenters. The maximum absolute atomic E-state index is 13.4. The number of sulfonamides is 1. The first-order chi connectivity index (χ1) is 9.20. The molecule has 5 nitrogen and oxygen atoms in total. The molecule has 1 aliphatic rings. The second-order valence-electron chi connectivity index (χ2n) is 5.44. The summed E-state index contributed by atoms with van der Waals surface area (Å²) in [6, 6.07) is 2.89. The molecule has 3 N–H and O–H groups in total. The van der Waals surface area contributed by atoms with Crippen LogP contribution in [0.1, 0.15) is 43.0 Å². The van der Waals surface area contributed by atoms with Crippen LogP contribution in [0.5, 0.6) is 0 Å². The van der Waals surface area contributed by atoms with E-state index in [1.54, 1.807) is 0 Å². The van der Waals surface area contributed by atoms with E-state index in [4.69, 9.17) is 5.14 Å². The molecule has 7 heteroatoms. The zero-order valence-corrected chi connectivity index (χ0v) is 12.0. The molecule has 1 aromatic carbocycles. The number of rotatable bonds is 3. The summed E-state index contributed by atoms with van der Waals surface area (Å²) in [5.41, 5.74) is -0.354. The number of amides is 1. The number of halogens is 1. The van der Waals surface area contributed by atoms with Crippen LogP contribution < -0.4 is 10.5 Å². The predicted molar refractivity (Wildman–Crippen MR) is 72.1 cm³/mol. The molecule has 1 aliphatic carbocycles. The minimum absolute atomic E-state index is 0.0397. The molecule has 20 heavy (non-hydrogen) atoms. The average molecular weight is 300 g/mol. The van der Waals surface area contributed by atoms with E-state index in [0.717, 1.165) is 43.9 Å². The summed E-state index contributed by atoms with van der Waals surface area (Å²) in [5.74, 6) is -1.29. The minimum atomic E-state index is -4.04. The Labute approximate surface area is 117 Å². The maximum atomic E-state index is 13.4. The standard InChI is InChI=1S/C13H17FN2O3S/c1-13(4-2-3-5-13)16-12(17)9-6-10(14)8-11(7-9)20(15,18)19/h6-8H,2-5H2,1H3,(H,16,17)(H2,15,18,19). The molecule has 1 amide bonds. The molecule has 0 aromatic heterocycles. The number of primary sulfonamides is 1. The Balaban J connectivity index is 2.28. The molecule has 2 rings (SSSR count). The van der Waals surface area contributed by atoms with E-state index in [1.807, 2.05) is 6.92 Å². The Kier molecular flexibility index (Phi) is 3.84. The number of hydrogen-bond acceptors (Lipinski definition) is 3. The summed E-state index contributed by atoms with van der Waals surface area (Å²) >= 11 is 0. The number of carbonyl (C=O) groups is 1. The third kappa shape index (κ3) is 3.34. The van der Waals surface area contributed by atoms with Crippen molar-refractivity contribution in [1.82, 2.24) is 5.32 Å². The van der Waals surface area contributed by atoms with Gasteiger partial charge in [0.2, 0.25) is 10.0 Å². The lowest BCUT2D eigenvalue weighted by atomic mass is 10.00. The Morgan fingerprint density at radius 1 is 1.30 bits per heavy atom. The topological polar surface area (TPSA) is 89.3 Å². The van der Waals surface area contributed by atoms with E-state index >= 15 is 0 Å². The molecular weight excluding hydrogens is 283 g/mol. The van der Waals surface area contributed by atoms with Crippen molar-refractivity contribution in [1.29, 1.82) is 0 Å². The second kappa shape index (κ2) is 5.14. The first kappa shape index (κ1) is 14.9. The Morgan fingerprint density at radius 3 is 2.45 bits per heavy atom. The van der Waals surface area contributed by atoms with E-state index < -0.39 is 26.6 Å². The van der Waals surface area contributed by atoms with Gasteiger partial charge in [-0.1, -0.05) is 12.8 Å². The fourth-order valence-electron chi connectivity index (χ4n) is 2.48. The highest BCUT2D eigenvalue weighted by molar-refractivity contribution is 7.89. The predicted octanol–water partition coefficient (Wildman–Crippen LogP) is 1.54. The fourth-order valence-corrected chi connectivity index (χ4v) is 3.05. The zero-order valence-electron chi connectivity index (χ0n) is 11.1. The minimum Gasteiger partial charge on any atom is -0.347 e. The van der Waals surface area contributed by atoms with Gasteiger partial charge in [-0.3, -0.25) is 4.79 Å². The summed E-state index contributed by atoms with van der Waals surface area (Å²) in [5, 5.41) is 7.79. The molecule has 0 spiro atoms. The van der Waals surface area contributed by atoms with Crippen LogP contribution in [-0.4, -0.2) is 19.9 Å². The molecular formula is C13H17FN2O3S. The molecule has 0 aliphatic heterocycles. The van der Waals surface area contributed by atoms with Crippen molar-refractivity contribution >= 4 is 15.9 Å². The van der Waals surface area contributed by atoms with Gasteiger partial charge in [-0.15, -0.1) is 0 Å². The van der Waals surface area contributed by atoms with Crippen LogP contribution in [0.4, 0.5) is 4.39 Å². The normalized spacial score (nSPS) is 17.9. The molecule has 1 aromatic rings. The number of benzene rings is 1. The summed E-state index contributed by atoms with van der Waals surface area (Å²) in [6.07, 6.45) is 3.77. The monoisotopic (exact) mass is 300 g/mol. The summed E-state index contributed by atoms with van der Waals surface area (Å²) in [4.78, 5) is 11.7. The third-order valence-corrected chi connectivity index (χ3v) is 4.48. The van der Waals surface area contributed by atoms with Crippen molar-refractivity contribution < 1.29 is 17.6 Å². The van der Waals surface area contributed by atoms with E-state index in [1.165, 1.54) is 0 Å². The Hall–Kier alpha value is -1.47. The lowest BCUT2D eigenvalue weighted by Gasteiger charge is -2.25. The van der Waals surface area contributed by atoms with E-state index in [-0.39, 0.29) is 11.1 Å². The first-order valence-corrected chi connectivity index (χ1v) is 7.90. The zero-order chi connectivity index (χ0) is 15.0. The van der Waals surface area contributed by atoms with Crippen LogP contribution in [0, 0.1) is 5.82 Å². The highest BCUT2D eigenvalue weighted by Crippen LogP contribution is 2.29. The smallest absolute Gasteiger partial charge is 0.251 e. The van der Waals surface area contributed by atoms with Gasteiger partial charge in [0.15, 0.2) is 0 Å². The molecule has 1 fully saturated rings. The number of hydrogen-bond donors (Lipinski definition) is 2. The molecule has 0 atom stereocenters. The van der Waals surface area contributed by atoms with Crippen molar-refractivity contribution in [2.45, 2.75) is 43.0 Å². The maximum Gasteiger partial charge on any atom is 0.251 e. The quantitative estimate of drug-likeness (QED) is 0.887. The third-order valence-electron chi connectivity index (χ3n) is 3.58. The van der Waals surface area contributed by atoms with Crippen LogP contribution in [-0.2, 0) is 10.0 Å². The lowest BCUT2D eigenvalue weighted by molar-refractivity contribution is 0.0907. The second-order valence-corrected chi connectivity index (χ2v) is 7.00. The molecule has 0 saturated heterocycles. The SMILES string of the molecule is CC1(NC(=O)c2cc(F)cc(S(N)(=O)=O)c2)CCCC1. The summed E-state index contributed by atoms with van der Waals surface area (Å²) in [6.45, 7) is 1.93. The average Bonchev–Trinajstić information content (AvgIpc) is 2.73. The highest BCUT2D eigenvalue weighted by Gasteiger charge is 2.30. The van der Waals surface area contributed by atoms with E-state index in [2.05, 4.69) is 5.32 Å². The summed E-state index contributed by atoms with van der Waals surface area (Å²) in [7, 11) is -4.04. The van der Waals surface area contributed by atoms with Crippen LogP contribution in [0.3, 0.4) is 0 Å². The largest absolute Gasteiger partial charge is 0.347 e. The van der Waals surface area contributed by atoms with Crippen LogP contribution in [0.25, 0.3) is 0 Å². The van der Waals surface area contributed by atoms with Gasteiger partial charge in [0.1, 0.15) is 5.82 Å². The van der Waals surface area contributed by atoms with Crippen molar-refractivity contribution in [2.75, 3.05) is 0 Å². The van der Waals surface area contributed by atoms with Gasteiger partial charge < -0.3 is 5.32 Å². The highest BCUT2D eigenvalue weighted by atomic mass is 32.2. The Bertz CT molecular complexity index is 637. The first-order valence-electron chi connectivity index (χ1n) is 6.36. The van der Waals surface area contributed by atoms with Gasteiger partial charge in [-0.25, -0.2) is 17.9 Å². The lowest BCUT2D eigenvalue weighted by Crippen LogP contribution is -2.43. The van der Waals surface area contributed by atoms with Crippen molar-refractivity contribution in [2.24, 2.45) is 5.14 Å². The van der Waals surface area contributed by atoms with Gasteiger partial charge in [-0.05, 0) is 38.0 Å². The van der Waals surface area contributed by atoms with E-state index in [9.17, 15) is 17.6 Å².